The summed E-state index contributed by atoms with van der Waals surface area (Å²) in [5.41, 5.74) is -5.77. The highest BCUT2D eigenvalue weighted by molar-refractivity contribution is 5.86. The Morgan fingerprint density at radius 3 is 2.35 bits per heavy atom. The molecule has 0 radical (unpaired) electrons. The molecule has 0 bridgehead atoms. The highest BCUT2D eigenvalue weighted by Crippen LogP contribution is 2.48. The second kappa shape index (κ2) is 8.14. The molecule has 1 aliphatic rings. The summed E-state index contributed by atoms with van der Waals surface area (Å²) >= 11 is 0. The fraction of sp³-hybridized carbons (Fsp3) is 0.333. The van der Waals surface area contributed by atoms with Crippen molar-refractivity contribution < 1.29 is 41.7 Å². The predicted octanol–water partition coefficient (Wildman–Crippen LogP) is 4.01. The summed E-state index contributed by atoms with van der Waals surface area (Å²) in [6.45, 7) is 3.00. The number of aliphatic hydroxyl groups excluding tert-OH is 1. The van der Waals surface area contributed by atoms with E-state index in [4.69, 9.17) is 18.6 Å². The lowest BCUT2D eigenvalue weighted by atomic mass is 9.86. The average molecular weight is 478 g/mol. The zero-order chi connectivity index (χ0) is 24.9. The number of carbonyl (C=O) groups is 1. The smallest absolute Gasteiger partial charge is 0.432 e. The van der Waals surface area contributed by atoms with Crippen molar-refractivity contribution >= 4 is 16.9 Å². The summed E-state index contributed by atoms with van der Waals surface area (Å²) in [7, 11) is 0.754. The Morgan fingerprint density at radius 2 is 1.74 bits per heavy atom. The number of halogens is 3. The first-order valence-corrected chi connectivity index (χ1v) is 10.2. The third-order valence-corrected chi connectivity index (χ3v) is 5.87. The number of carbonyl (C=O) groups excluding carboxylic acids is 1. The SMILES string of the molecule is CO[C@@](C(=O)O[C@H]1c2c(ccc3oc(=O)ccc23)OC(C)(C)[C@H]1O)(c1ccccc1)C(F)(F)F. The van der Waals surface area contributed by atoms with Gasteiger partial charge in [0.2, 0.25) is 0 Å². The molecule has 3 aromatic rings. The summed E-state index contributed by atoms with van der Waals surface area (Å²) < 4.78 is 64.2. The normalized spacial score (nSPS) is 21.3. The molecule has 10 heteroatoms. The minimum absolute atomic E-state index is 0.0710. The van der Waals surface area contributed by atoms with Crippen LogP contribution in [0.5, 0.6) is 5.75 Å². The number of methoxy groups -OCH3 is 1. The fourth-order valence-electron chi connectivity index (χ4n) is 4.11. The lowest BCUT2D eigenvalue weighted by Crippen LogP contribution is -2.55. The number of hydrogen-bond acceptors (Lipinski definition) is 7. The van der Waals surface area contributed by atoms with Crippen molar-refractivity contribution in [3.05, 3.63) is 76.1 Å². The van der Waals surface area contributed by atoms with Crippen molar-refractivity contribution in [2.45, 2.75) is 43.4 Å². The van der Waals surface area contributed by atoms with E-state index in [0.717, 1.165) is 25.3 Å². The van der Waals surface area contributed by atoms with Crippen LogP contribution < -0.4 is 10.4 Å². The molecule has 3 atom stereocenters. The maximum atomic E-state index is 14.3. The van der Waals surface area contributed by atoms with Crippen LogP contribution in [0.25, 0.3) is 11.0 Å². The topological polar surface area (TPSA) is 95.2 Å². The molecule has 4 rings (SSSR count). The summed E-state index contributed by atoms with van der Waals surface area (Å²) in [5.74, 6) is -1.61. The van der Waals surface area contributed by atoms with Crippen LogP contribution >= 0.6 is 0 Å². The summed E-state index contributed by atoms with van der Waals surface area (Å²) in [6, 6.07) is 11.7. The molecule has 2 aromatic carbocycles. The van der Waals surface area contributed by atoms with E-state index in [1.54, 1.807) is 0 Å². The minimum atomic E-state index is -5.19. The van der Waals surface area contributed by atoms with Gasteiger partial charge in [-0.15, -0.1) is 0 Å². The molecule has 1 aromatic heterocycles. The molecule has 7 nitrogen and oxygen atoms in total. The van der Waals surface area contributed by atoms with Gasteiger partial charge in [-0.05, 0) is 32.0 Å². The van der Waals surface area contributed by atoms with E-state index < -0.39 is 46.7 Å². The van der Waals surface area contributed by atoms with Gasteiger partial charge in [0.1, 0.15) is 23.0 Å². The molecule has 1 aliphatic heterocycles. The first-order chi connectivity index (χ1) is 15.9. The van der Waals surface area contributed by atoms with E-state index in [2.05, 4.69) is 0 Å². The van der Waals surface area contributed by atoms with Crippen molar-refractivity contribution in [2.24, 2.45) is 0 Å². The van der Waals surface area contributed by atoms with Crippen LogP contribution in [0.1, 0.15) is 31.1 Å². The van der Waals surface area contributed by atoms with Crippen molar-refractivity contribution in [1.29, 1.82) is 0 Å². The monoisotopic (exact) mass is 478 g/mol. The van der Waals surface area contributed by atoms with Crippen LogP contribution in [-0.2, 0) is 19.9 Å². The van der Waals surface area contributed by atoms with Crippen LogP contribution in [0.3, 0.4) is 0 Å². The molecule has 0 fully saturated rings. The summed E-state index contributed by atoms with van der Waals surface area (Å²) in [6.07, 6.45) is -8.36. The van der Waals surface area contributed by atoms with Crippen LogP contribution in [0.4, 0.5) is 13.2 Å². The van der Waals surface area contributed by atoms with Gasteiger partial charge in [-0.3, -0.25) is 0 Å². The van der Waals surface area contributed by atoms with Gasteiger partial charge in [-0.2, -0.15) is 13.2 Å². The van der Waals surface area contributed by atoms with E-state index in [1.165, 1.54) is 50.2 Å². The van der Waals surface area contributed by atoms with Crippen LogP contribution in [0.2, 0.25) is 0 Å². The van der Waals surface area contributed by atoms with Crippen molar-refractivity contribution in [2.75, 3.05) is 7.11 Å². The molecule has 1 N–H and O–H groups in total. The second-order valence-corrected chi connectivity index (χ2v) is 8.37. The fourth-order valence-corrected chi connectivity index (χ4v) is 4.11. The number of benzene rings is 2. The van der Waals surface area contributed by atoms with Gasteiger partial charge < -0.3 is 23.7 Å². The molecule has 0 unspecified atom stereocenters. The molecule has 0 spiro atoms. The molecule has 0 saturated heterocycles. The minimum Gasteiger partial charge on any atom is -0.485 e. The molecule has 34 heavy (non-hydrogen) atoms. The first kappa shape index (κ1) is 23.8. The van der Waals surface area contributed by atoms with Gasteiger partial charge >= 0.3 is 17.8 Å². The van der Waals surface area contributed by atoms with Gasteiger partial charge in [-0.1, -0.05) is 30.3 Å². The number of hydrogen-bond donors (Lipinski definition) is 1. The maximum Gasteiger partial charge on any atom is 0.432 e. The molecular weight excluding hydrogens is 457 g/mol. The number of esters is 1. The van der Waals surface area contributed by atoms with E-state index in [0.29, 0.717) is 0 Å². The van der Waals surface area contributed by atoms with Crippen molar-refractivity contribution in [3.63, 3.8) is 0 Å². The van der Waals surface area contributed by atoms with Gasteiger partial charge in [-0.25, -0.2) is 9.59 Å². The maximum absolute atomic E-state index is 14.3. The van der Waals surface area contributed by atoms with E-state index >= 15 is 0 Å². The van der Waals surface area contributed by atoms with Gasteiger partial charge in [0.25, 0.3) is 5.60 Å². The zero-order valence-electron chi connectivity index (χ0n) is 18.4. The second-order valence-electron chi connectivity index (χ2n) is 8.37. The highest BCUT2D eigenvalue weighted by atomic mass is 19.4. The van der Waals surface area contributed by atoms with Crippen LogP contribution in [-0.4, -0.2) is 36.1 Å². The van der Waals surface area contributed by atoms with Gasteiger partial charge in [0.05, 0.1) is 0 Å². The number of aliphatic hydroxyl groups is 1. The highest BCUT2D eigenvalue weighted by Gasteiger charge is 2.65. The van der Waals surface area contributed by atoms with Gasteiger partial charge in [0.15, 0.2) is 6.10 Å². The third kappa shape index (κ3) is 3.63. The average Bonchev–Trinajstić information content (AvgIpc) is 2.77. The molecule has 180 valence electrons. The summed E-state index contributed by atoms with van der Waals surface area (Å²) in [5, 5.41) is 11.2. The largest absolute Gasteiger partial charge is 0.485 e. The lowest BCUT2D eigenvalue weighted by molar-refractivity contribution is -0.281. The number of ether oxygens (including phenoxy) is 3. The Bertz CT molecular complexity index is 1280. The lowest BCUT2D eigenvalue weighted by Gasteiger charge is -2.43. The zero-order valence-corrected chi connectivity index (χ0v) is 18.4. The van der Waals surface area contributed by atoms with E-state index in [1.807, 2.05) is 0 Å². The molecule has 0 saturated carbocycles. The van der Waals surface area contributed by atoms with Crippen LogP contribution in [0.15, 0.2) is 63.8 Å². The number of fused-ring (bicyclic) bond motifs is 3. The number of rotatable bonds is 4. The Morgan fingerprint density at radius 1 is 1.06 bits per heavy atom. The molecule has 2 heterocycles. The standard InChI is InChI=1S/C24H21F3O7/c1-22(2)20(29)19(18-14-9-12-17(28)32-15(14)10-11-16(18)34-22)33-21(30)23(31-3,24(25,26)27)13-7-5-4-6-8-13/h4-12,19-20,29H,1-3H3/t19-,20-,23+/m0/s1. The van der Waals surface area contributed by atoms with Crippen molar-refractivity contribution in [3.8, 4) is 5.75 Å². The van der Waals surface area contributed by atoms with Crippen LogP contribution in [0, 0.1) is 0 Å². The molecular formula is C24H21F3O7. The van der Waals surface area contributed by atoms with Gasteiger partial charge in [0, 0.05) is 29.7 Å². The Kier molecular flexibility index (Phi) is 5.69. The predicted molar refractivity (Wildman–Crippen MR) is 113 cm³/mol. The summed E-state index contributed by atoms with van der Waals surface area (Å²) in [4.78, 5) is 24.9. The molecule has 0 aliphatic carbocycles. The van der Waals surface area contributed by atoms with Crippen molar-refractivity contribution in [1.82, 2.24) is 0 Å². The Labute approximate surface area is 191 Å². The number of alkyl halides is 3. The Balaban J connectivity index is 1.89. The van der Waals surface area contributed by atoms with E-state index in [9.17, 15) is 27.9 Å². The quantitative estimate of drug-likeness (QED) is 0.447. The third-order valence-electron chi connectivity index (χ3n) is 5.87. The van der Waals surface area contributed by atoms with E-state index in [-0.39, 0.29) is 22.3 Å². The molecule has 0 amide bonds. The Hall–Kier alpha value is -3.37. The first-order valence-electron chi connectivity index (χ1n) is 10.2.